The van der Waals surface area contributed by atoms with Crippen molar-refractivity contribution in [2.75, 3.05) is 30.9 Å². The second kappa shape index (κ2) is 30.6. The molecule has 2 aliphatic rings. The molecule has 0 aliphatic carbocycles. The number of aliphatic hydroxyl groups excluding tert-OH is 3. The van der Waals surface area contributed by atoms with E-state index in [0.29, 0.717) is 41.8 Å². The lowest BCUT2D eigenvalue weighted by atomic mass is 9.76. The standard InChI is InChI=1S/C67H84N6O16/c1-38(2)49(32-40(4)63(83)84)72(11)62(82)60(66(5,6)7)71-61(81)59(68-10)67(8,9)46-23-18-19-41(33-46)35-53(77)87-37-42-31-39(3)57(88-65-56(80)54(78)55(79)58(89-65)64(85)86)47(34-42)70-51(75)29-30-69-50(74)25-16-17-26-52(76)73-36-45-22-13-12-20-43(45)27-28-44-21-14-15-24-48(44)73/h12-15,18-24,31-34,38,49,54-56,58-60,65,68,78-80H,16-17,25-26,29-30,35-37H2,1-11H3,(H,69,74)(H,70,75)(H,71,81)(H,83,84)(H,85,86)/b40-32+/t49-,54?,55?,56?,58?,59+,60-,65?/m1/s1. The molecule has 22 heteroatoms. The van der Waals surface area contributed by atoms with E-state index in [9.17, 15) is 63.9 Å². The molecular weight excluding hydrogens is 1140 g/mol. The molecule has 2 heterocycles. The Kier molecular flexibility index (Phi) is 24.0. The molecule has 5 amide bonds. The first-order valence-corrected chi connectivity index (χ1v) is 29.6. The highest BCUT2D eigenvalue weighted by Gasteiger charge is 2.49. The third-order valence-electron chi connectivity index (χ3n) is 15.9. The quantitative estimate of drug-likeness (QED) is 0.0164. The zero-order chi connectivity index (χ0) is 65.7. The van der Waals surface area contributed by atoms with Crippen molar-refractivity contribution in [2.45, 2.75) is 168 Å². The smallest absolute Gasteiger partial charge is 0.335 e. The number of carbonyl (C=O) groups is 8. The van der Waals surface area contributed by atoms with E-state index < -0.39 is 95.3 Å². The summed E-state index contributed by atoms with van der Waals surface area (Å²) < 4.78 is 17.1. The molecule has 2 aliphatic heterocycles. The van der Waals surface area contributed by atoms with Crippen molar-refractivity contribution in [3.63, 3.8) is 0 Å². The molecule has 5 unspecified atom stereocenters. The Morgan fingerprint density at radius 2 is 1.46 bits per heavy atom. The highest BCUT2D eigenvalue weighted by molar-refractivity contribution is 5.96. The molecule has 1 fully saturated rings. The summed E-state index contributed by atoms with van der Waals surface area (Å²) in [6, 6.07) is 22.7. The highest BCUT2D eigenvalue weighted by atomic mass is 16.7. The Morgan fingerprint density at radius 3 is 2.12 bits per heavy atom. The summed E-state index contributed by atoms with van der Waals surface area (Å²) >= 11 is 0. The maximum Gasteiger partial charge on any atom is 0.335 e. The molecule has 478 valence electrons. The van der Waals surface area contributed by atoms with Crippen LogP contribution in [0.3, 0.4) is 0 Å². The monoisotopic (exact) mass is 1230 g/mol. The lowest BCUT2D eigenvalue weighted by Crippen LogP contribution is -2.61. The number of carbonyl (C=O) groups excluding carboxylic acids is 6. The molecule has 89 heavy (non-hydrogen) atoms. The van der Waals surface area contributed by atoms with Crippen molar-refractivity contribution >= 4 is 58.8 Å². The lowest BCUT2D eigenvalue weighted by Gasteiger charge is -2.40. The lowest BCUT2D eigenvalue weighted by molar-refractivity contribution is -0.271. The van der Waals surface area contributed by atoms with Gasteiger partial charge in [-0.3, -0.25) is 28.8 Å². The van der Waals surface area contributed by atoms with Gasteiger partial charge >= 0.3 is 17.9 Å². The fraction of sp³-hybridized carbons (Fsp3) is 0.463. The Labute approximate surface area is 519 Å². The molecule has 0 radical (unpaired) electrons. The van der Waals surface area contributed by atoms with Gasteiger partial charge in [0.25, 0.3) is 0 Å². The van der Waals surface area contributed by atoms with Crippen molar-refractivity contribution in [2.24, 2.45) is 11.3 Å². The van der Waals surface area contributed by atoms with Gasteiger partial charge in [0.2, 0.25) is 35.8 Å². The number of hydrogen-bond acceptors (Lipinski definition) is 15. The van der Waals surface area contributed by atoms with E-state index in [1.807, 2.05) is 103 Å². The minimum absolute atomic E-state index is 0.0375. The highest BCUT2D eigenvalue weighted by Crippen LogP contribution is 2.36. The number of anilines is 2. The van der Waals surface area contributed by atoms with E-state index in [0.717, 1.165) is 16.7 Å². The molecule has 4 aromatic carbocycles. The number of benzene rings is 4. The number of carboxylic acids is 2. The molecule has 4 aromatic rings. The fourth-order valence-corrected chi connectivity index (χ4v) is 10.7. The Bertz CT molecular complexity index is 3360. The number of nitrogens with zero attached hydrogens (tertiary/aromatic N) is 2. The maximum absolute atomic E-state index is 14.3. The van der Waals surface area contributed by atoms with Gasteiger partial charge in [-0.05, 0) is 103 Å². The number of amides is 5. The molecule has 0 saturated carbocycles. The van der Waals surface area contributed by atoms with Gasteiger partial charge in [0.05, 0.1) is 36.4 Å². The number of fused-ring (bicyclic) bond motifs is 2. The molecule has 22 nitrogen and oxygen atoms in total. The molecule has 0 spiro atoms. The van der Waals surface area contributed by atoms with Gasteiger partial charge in [0, 0.05) is 55.0 Å². The number of para-hydroxylation sites is 1. The van der Waals surface area contributed by atoms with Crippen molar-refractivity contribution in [3.05, 3.63) is 136 Å². The average Bonchev–Trinajstić information content (AvgIpc) is 2.01. The third-order valence-corrected chi connectivity index (χ3v) is 15.9. The number of unbranched alkanes of at least 4 members (excludes halogenated alkanes) is 1. The van der Waals surface area contributed by atoms with Crippen LogP contribution in [0, 0.1) is 30.1 Å². The van der Waals surface area contributed by atoms with Crippen LogP contribution in [0.1, 0.15) is 126 Å². The molecule has 1 saturated heterocycles. The number of aryl methyl sites for hydroxylation is 1. The number of ether oxygens (including phenoxy) is 3. The molecular formula is C67H84N6O16. The third kappa shape index (κ3) is 18.1. The summed E-state index contributed by atoms with van der Waals surface area (Å²) in [4.78, 5) is 109. The molecule has 6 rings (SSSR count). The van der Waals surface area contributed by atoms with Gasteiger partial charge in [0.1, 0.15) is 36.7 Å². The van der Waals surface area contributed by atoms with Crippen LogP contribution in [0.4, 0.5) is 11.4 Å². The minimum Gasteiger partial charge on any atom is -0.479 e. The predicted molar refractivity (Wildman–Crippen MR) is 331 cm³/mol. The van der Waals surface area contributed by atoms with Crippen LogP contribution >= 0.6 is 0 Å². The van der Waals surface area contributed by atoms with Crippen LogP contribution in [0.15, 0.2) is 96.6 Å². The molecule has 8 atom stereocenters. The SMILES string of the molecule is CN[C@@H](C(=O)N[C@H](C(=O)N(C)[C@H](/C=C(\C)C(=O)O)C(C)C)C(C)(C)C)C(C)(C)c1cccc(CC(=O)OCc2cc(C)c(OC3OC(C(=O)O)C(O)C(O)C3O)c(NC(=O)CCNC(=O)CCCCC(=O)N3Cc4ccccc4C#Cc4ccccc43)c2)c1. The normalized spacial score (nSPS) is 18.4. The van der Waals surface area contributed by atoms with Crippen LogP contribution in [0.5, 0.6) is 5.75 Å². The summed E-state index contributed by atoms with van der Waals surface area (Å²) in [5.41, 5.74) is 3.41. The fourth-order valence-electron chi connectivity index (χ4n) is 10.7. The number of likely N-dealkylation sites (N-methyl/N-ethyl adjacent to an activating group) is 2. The number of esters is 1. The molecule has 0 aromatic heterocycles. The van der Waals surface area contributed by atoms with Crippen LogP contribution in [-0.2, 0) is 72.8 Å². The summed E-state index contributed by atoms with van der Waals surface area (Å²) in [6.07, 6.45) is -7.64. The molecule has 9 N–H and O–H groups in total. The van der Waals surface area contributed by atoms with Crippen LogP contribution in [0.25, 0.3) is 0 Å². The van der Waals surface area contributed by atoms with E-state index in [4.69, 9.17) is 14.2 Å². The maximum atomic E-state index is 14.3. The number of aliphatic carboxylic acids is 2. The Balaban J connectivity index is 1.09. The van der Waals surface area contributed by atoms with E-state index in [1.165, 1.54) is 24.0 Å². The summed E-state index contributed by atoms with van der Waals surface area (Å²) in [5, 5.41) is 62.5. The number of aliphatic hydroxyl groups is 3. The predicted octanol–water partition coefficient (Wildman–Crippen LogP) is 5.41. The number of carboxylic acid groups (broad SMARTS) is 2. The van der Waals surface area contributed by atoms with Crippen molar-refractivity contribution in [3.8, 4) is 17.6 Å². The van der Waals surface area contributed by atoms with Gasteiger partial charge in [-0.25, -0.2) is 9.59 Å². The first-order valence-electron chi connectivity index (χ1n) is 29.6. The molecule has 0 bridgehead atoms. The van der Waals surface area contributed by atoms with Crippen molar-refractivity contribution in [1.82, 2.24) is 20.9 Å². The van der Waals surface area contributed by atoms with Crippen molar-refractivity contribution < 1.29 is 78.1 Å². The van der Waals surface area contributed by atoms with Gasteiger partial charge in [-0.1, -0.05) is 121 Å². The van der Waals surface area contributed by atoms with E-state index in [1.54, 1.807) is 50.2 Å². The van der Waals surface area contributed by atoms with Gasteiger partial charge < -0.3 is 70.8 Å². The van der Waals surface area contributed by atoms with Gasteiger partial charge in [-0.2, -0.15) is 0 Å². The van der Waals surface area contributed by atoms with Crippen LogP contribution in [0.2, 0.25) is 0 Å². The zero-order valence-electron chi connectivity index (χ0n) is 52.3. The Hall–Kier alpha value is -8.46. The minimum atomic E-state index is -2.01. The average molecular weight is 1230 g/mol. The van der Waals surface area contributed by atoms with E-state index in [-0.39, 0.29) is 79.1 Å². The Morgan fingerprint density at radius 1 is 0.798 bits per heavy atom. The second-order valence-electron chi connectivity index (χ2n) is 24.5. The summed E-state index contributed by atoms with van der Waals surface area (Å²) in [6.45, 7) is 15.9. The topological polar surface area (TPSA) is 320 Å². The van der Waals surface area contributed by atoms with Crippen LogP contribution in [-0.4, -0.2) is 147 Å². The van der Waals surface area contributed by atoms with Gasteiger partial charge in [0.15, 0.2) is 6.10 Å². The first kappa shape index (κ1) is 69.6. The number of hydrogen-bond donors (Lipinski definition) is 9. The second-order valence-corrected chi connectivity index (χ2v) is 24.5. The van der Waals surface area contributed by atoms with Gasteiger partial charge in [-0.15, -0.1) is 0 Å². The summed E-state index contributed by atoms with van der Waals surface area (Å²) in [7, 11) is 3.21. The van der Waals surface area contributed by atoms with E-state index >= 15 is 0 Å². The van der Waals surface area contributed by atoms with Crippen molar-refractivity contribution in [1.29, 1.82) is 0 Å². The number of nitrogens with one attached hydrogen (secondary N) is 4. The number of rotatable bonds is 26. The summed E-state index contributed by atoms with van der Waals surface area (Å²) in [5.74, 6) is 0.769. The first-order chi connectivity index (χ1) is 41.9. The zero-order valence-corrected chi connectivity index (χ0v) is 52.3. The largest absolute Gasteiger partial charge is 0.479 e. The van der Waals surface area contributed by atoms with E-state index in [2.05, 4.69) is 33.1 Å². The van der Waals surface area contributed by atoms with Crippen LogP contribution < -0.4 is 30.9 Å².